The van der Waals surface area contributed by atoms with Crippen molar-refractivity contribution in [1.29, 1.82) is 0 Å². The zero-order valence-corrected chi connectivity index (χ0v) is 20.7. The summed E-state index contributed by atoms with van der Waals surface area (Å²) in [5.41, 5.74) is 2.54. The standard InChI is InChI=1S/C26H30N6O2S/c1-2-10-24-28-25(23-19-27-32(26(23)29-24)22-13-7-4-8-14-22)30-15-9-16-31(18-17-30)35(33,34)20-21-11-5-3-6-12-21/h3-8,11-14,19H,2,9-10,15-18,20H2,1H3. The second-order valence-electron chi connectivity index (χ2n) is 8.82. The van der Waals surface area contributed by atoms with Crippen molar-refractivity contribution in [1.82, 2.24) is 24.1 Å². The average molecular weight is 491 g/mol. The summed E-state index contributed by atoms with van der Waals surface area (Å²) < 4.78 is 29.7. The smallest absolute Gasteiger partial charge is 0.218 e. The van der Waals surface area contributed by atoms with E-state index in [1.807, 2.05) is 71.5 Å². The number of aryl methyl sites for hydroxylation is 1. The van der Waals surface area contributed by atoms with Gasteiger partial charge in [-0.3, -0.25) is 0 Å². The van der Waals surface area contributed by atoms with E-state index in [0.29, 0.717) is 19.6 Å². The second-order valence-corrected chi connectivity index (χ2v) is 10.8. The van der Waals surface area contributed by atoms with Crippen LogP contribution in [0.4, 0.5) is 5.82 Å². The Hall–Kier alpha value is -3.30. The Morgan fingerprint density at radius 1 is 0.886 bits per heavy atom. The first-order valence-electron chi connectivity index (χ1n) is 12.1. The van der Waals surface area contributed by atoms with Crippen molar-refractivity contribution in [3.8, 4) is 5.69 Å². The lowest BCUT2D eigenvalue weighted by atomic mass is 10.2. The van der Waals surface area contributed by atoms with Crippen molar-refractivity contribution in [2.24, 2.45) is 0 Å². The number of hydrogen-bond acceptors (Lipinski definition) is 6. The lowest BCUT2D eigenvalue weighted by molar-refractivity contribution is 0.432. The third-order valence-electron chi connectivity index (χ3n) is 6.27. The van der Waals surface area contributed by atoms with E-state index >= 15 is 0 Å². The van der Waals surface area contributed by atoms with Gasteiger partial charge in [-0.1, -0.05) is 55.5 Å². The Morgan fingerprint density at radius 3 is 2.37 bits per heavy atom. The number of anilines is 1. The molecule has 1 saturated heterocycles. The lowest BCUT2D eigenvalue weighted by Gasteiger charge is -2.23. The molecule has 0 spiro atoms. The first kappa shape index (κ1) is 23.4. The highest BCUT2D eigenvalue weighted by atomic mass is 32.2. The van der Waals surface area contributed by atoms with Gasteiger partial charge in [-0.25, -0.2) is 23.1 Å². The fraction of sp³-hybridized carbons (Fsp3) is 0.346. The zero-order valence-electron chi connectivity index (χ0n) is 19.9. The van der Waals surface area contributed by atoms with Crippen LogP contribution in [0.15, 0.2) is 66.9 Å². The topological polar surface area (TPSA) is 84.2 Å². The molecule has 2 aromatic heterocycles. The zero-order chi connectivity index (χ0) is 24.3. The summed E-state index contributed by atoms with van der Waals surface area (Å²) in [5, 5.41) is 5.51. The SMILES string of the molecule is CCCc1nc(N2CCCN(S(=O)(=O)Cc3ccccc3)CC2)c2cnn(-c3ccccc3)c2n1. The summed E-state index contributed by atoms with van der Waals surface area (Å²) in [6, 6.07) is 19.3. The molecule has 1 aliphatic heterocycles. The van der Waals surface area contributed by atoms with Crippen LogP contribution in [0.5, 0.6) is 0 Å². The molecule has 0 saturated carbocycles. The maximum absolute atomic E-state index is 13.1. The monoisotopic (exact) mass is 490 g/mol. The molecule has 0 aliphatic carbocycles. The average Bonchev–Trinajstić information content (AvgIpc) is 3.12. The Bertz CT molecular complexity index is 1390. The number of sulfonamides is 1. The second kappa shape index (κ2) is 10.1. The number of fused-ring (bicyclic) bond motifs is 1. The normalized spacial score (nSPS) is 15.4. The minimum Gasteiger partial charge on any atom is -0.355 e. The van der Waals surface area contributed by atoms with Crippen molar-refractivity contribution in [3.05, 3.63) is 78.2 Å². The van der Waals surface area contributed by atoms with Gasteiger partial charge in [-0.2, -0.15) is 9.40 Å². The van der Waals surface area contributed by atoms with Gasteiger partial charge in [0, 0.05) is 32.6 Å². The molecule has 4 aromatic rings. The summed E-state index contributed by atoms with van der Waals surface area (Å²) in [4.78, 5) is 11.9. The van der Waals surface area contributed by atoms with Gasteiger partial charge in [-0.15, -0.1) is 0 Å². The highest BCUT2D eigenvalue weighted by Crippen LogP contribution is 2.27. The van der Waals surface area contributed by atoms with E-state index in [1.165, 1.54) is 0 Å². The number of aromatic nitrogens is 4. The fourth-order valence-electron chi connectivity index (χ4n) is 4.53. The third-order valence-corrected chi connectivity index (χ3v) is 8.12. The van der Waals surface area contributed by atoms with Crippen molar-refractivity contribution >= 4 is 26.9 Å². The van der Waals surface area contributed by atoms with Gasteiger partial charge in [0.25, 0.3) is 0 Å². The van der Waals surface area contributed by atoms with Gasteiger partial charge in [-0.05, 0) is 30.5 Å². The van der Waals surface area contributed by atoms with Gasteiger partial charge in [0.05, 0.1) is 23.0 Å². The Balaban J connectivity index is 1.44. The predicted molar refractivity (Wildman–Crippen MR) is 138 cm³/mol. The molecule has 9 heteroatoms. The Morgan fingerprint density at radius 2 is 1.63 bits per heavy atom. The molecule has 182 valence electrons. The number of nitrogens with zero attached hydrogens (tertiary/aromatic N) is 6. The third kappa shape index (κ3) is 5.06. The molecule has 8 nitrogen and oxygen atoms in total. The highest BCUT2D eigenvalue weighted by molar-refractivity contribution is 7.88. The van der Waals surface area contributed by atoms with Crippen LogP contribution in [-0.2, 0) is 22.2 Å². The van der Waals surface area contributed by atoms with Crippen molar-refractivity contribution in [3.63, 3.8) is 0 Å². The van der Waals surface area contributed by atoms with Gasteiger partial charge in [0.15, 0.2) is 5.65 Å². The molecule has 0 atom stereocenters. The molecule has 1 aliphatic rings. The quantitative estimate of drug-likeness (QED) is 0.392. The largest absolute Gasteiger partial charge is 0.355 e. The molecule has 5 rings (SSSR count). The summed E-state index contributed by atoms with van der Waals surface area (Å²) in [5.74, 6) is 1.64. The van der Waals surface area contributed by atoms with Crippen LogP contribution in [0.1, 0.15) is 31.2 Å². The predicted octanol–water partition coefficient (Wildman–Crippen LogP) is 3.81. The van der Waals surface area contributed by atoms with E-state index < -0.39 is 10.0 Å². The molecule has 3 heterocycles. The van der Waals surface area contributed by atoms with Crippen LogP contribution in [-0.4, -0.2) is 58.7 Å². The first-order chi connectivity index (χ1) is 17.0. The molecule has 0 bridgehead atoms. The van der Waals surface area contributed by atoms with Crippen LogP contribution in [0, 0.1) is 0 Å². The molecule has 0 amide bonds. The Labute approximate surface area is 206 Å². The molecule has 0 N–H and O–H groups in total. The molecule has 2 aromatic carbocycles. The van der Waals surface area contributed by atoms with Crippen LogP contribution in [0.2, 0.25) is 0 Å². The molecular weight excluding hydrogens is 460 g/mol. The van der Waals surface area contributed by atoms with Gasteiger partial charge in [0.1, 0.15) is 11.6 Å². The maximum atomic E-state index is 13.1. The number of rotatable bonds is 7. The van der Waals surface area contributed by atoms with E-state index in [0.717, 1.165) is 59.7 Å². The molecule has 0 unspecified atom stereocenters. The van der Waals surface area contributed by atoms with Crippen LogP contribution >= 0.6 is 0 Å². The van der Waals surface area contributed by atoms with Crippen LogP contribution in [0.3, 0.4) is 0 Å². The van der Waals surface area contributed by atoms with E-state index in [9.17, 15) is 8.42 Å². The summed E-state index contributed by atoms with van der Waals surface area (Å²) >= 11 is 0. The van der Waals surface area contributed by atoms with Gasteiger partial charge < -0.3 is 4.90 Å². The number of benzene rings is 2. The minimum absolute atomic E-state index is 0.0239. The minimum atomic E-state index is -3.40. The van der Waals surface area contributed by atoms with Crippen molar-refractivity contribution in [2.75, 3.05) is 31.1 Å². The van der Waals surface area contributed by atoms with E-state index in [-0.39, 0.29) is 5.75 Å². The van der Waals surface area contributed by atoms with Crippen LogP contribution < -0.4 is 4.90 Å². The fourth-order valence-corrected chi connectivity index (χ4v) is 6.09. The van der Waals surface area contributed by atoms with Gasteiger partial charge >= 0.3 is 0 Å². The summed E-state index contributed by atoms with van der Waals surface area (Å²) in [6.07, 6.45) is 4.27. The summed E-state index contributed by atoms with van der Waals surface area (Å²) in [7, 11) is -3.40. The van der Waals surface area contributed by atoms with E-state index in [2.05, 4.69) is 16.9 Å². The first-order valence-corrected chi connectivity index (χ1v) is 13.7. The maximum Gasteiger partial charge on any atom is 0.218 e. The van der Waals surface area contributed by atoms with E-state index in [1.54, 1.807) is 4.31 Å². The highest BCUT2D eigenvalue weighted by Gasteiger charge is 2.27. The van der Waals surface area contributed by atoms with Crippen LogP contribution in [0.25, 0.3) is 16.7 Å². The summed E-state index contributed by atoms with van der Waals surface area (Å²) in [6.45, 7) is 4.35. The van der Waals surface area contributed by atoms with Gasteiger partial charge in [0.2, 0.25) is 10.0 Å². The molecule has 0 radical (unpaired) electrons. The number of hydrogen-bond donors (Lipinski definition) is 0. The number of para-hydroxylation sites is 1. The Kier molecular flexibility index (Phi) is 6.79. The lowest BCUT2D eigenvalue weighted by Crippen LogP contribution is -2.36. The van der Waals surface area contributed by atoms with E-state index in [4.69, 9.17) is 9.97 Å². The van der Waals surface area contributed by atoms with Crippen molar-refractivity contribution < 1.29 is 8.42 Å². The molecule has 1 fully saturated rings. The molecule has 35 heavy (non-hydrogen) atoms. The molecular formula is C26H30N6O2S. The van der Waals surface area contributed by atoms with Crippen molar-refractivity contribution in [2.45, 2.75) is 31.9 Å².